The van der Waals surface area contributed by atoms with E-state index in [1.807, 2.05) is 43.3 Å². The van der Waals surface area contributed by atoms with Crippen molar-refractivity contribution in [3.05, 3.63) is 65.2 Å². The predicted octanol–water partition coefficient (Wildman–Crippen LogP) is 5.96. The van der Waals surface area contributed by atoms with E-state index in [2.05, 4.69) is 46.8 Å². The van der Waals surface area contributed by atoms with Gasteiger partial charge in [0.05, 0.1) is 12.3 Å². The molecule has 4 aromatic rings. The summed E-state index contributed by atoms with van der Waals surface area (Å²) in [5, 5.41) is 13.6. The van der Waals surface area contributed by atoms with Gasteiger partial charge in [0.25, 0.3) is 0 Å². The molecular weight excluding hydrogens is 384 g/mol. The maximum absolute atomic E-state index is 9.98. The topological polar surface area (TPSA) is 64.9 Å². The molecule has 31 heavy (non-hydrogen) atoms. The number of aromatic nitrogens is 2. The van der Waals surface area contributed by atoms with E-state index >= 15 is 0 Å². The molecule has 0 atom stereocenters. The Bertz CT molecular complexity index is 1250. The van der Waals surface area contributed by atoms with E-state index in [1.54, 1.807) is 0 Å². The van der Waals surface area contributed by atoms with Crippen molar-refractivity contribution in [3.8, 4) is 11.8 Å². The van der Waals surface area contributed by atoms with Crippen molar-refractivity contribution in [1.82, 2.24) is 4.98 Å². The maximum atomic E-state index is 9.98. The van der Waals surface area contributed by atoms with Crippen molar-refractivity contribution >= 4 is 28.2 Å². The number of aromatic amines is 1. The van der Waals surface area contributed by atoms with Crippen LogP contribution in [0.15, 0.2) is 48.5 Å². The van der Waals surface area contributed by atoms with Crippen LogP contribution in [-0.4, -0.2) is 11.6 Å². The molecule has 5 nitrogen and oxygen atoms in total. The third-order valence-electron chi connectivity index (χ3n) is 5.77. The summed E-state index contributed by atoms with van der Waals surface area (Å²) in [6.07, 6.45) is 4.35. The number of hydrogen-bond acceptors (Lipinski definition) is 3. The van der Waals surface area contributed by atoms with E-state index in [9.17, 15) is 5.26 Å². The van der Waals surface area contributed by atoms with Crippen LogP contribution in [0.4, 0.5) is 11.5 Å². The highest BCUT2D eigenvalue weighted by atomic mass is 16.5. The minimum atomic E-state index is 0.648. The predicted molar refractivity (Wildman–Crippen MR) is 125 cm³/mol. The van der Waals surface area contributed by atoms with E-state index in [1.165, 1.54) is 12.0 Å². The zero-order valence-corrected chi connectivity index (χ0v) is 18.5. The molecule has 5 heteroatoms. The fourth-order valence-corrected chi connectivity index (χ4v) is 4.19. The van der Waals surface area contributed by atoms with Gasteiger partial charge in [0.2, 0.25) is 11.5 Å². The molecular formula is C26H29N4O+. The maximum Gasteiger partial charge on any atom is 0.250 e. The van der Waals surface area contributed by atoms with Gasteiger partial charge in [-0.15, -0.1) is 0 Å². The molecule has 2 aromatic heterocycles. The fourth-order valence-electron chi connectivity index (χ4n) is 4.19. The highest BCUT2D eigenvalue weighted by molar-refractivity contribution is 5.78. The first-order valence-electron chi connectivity index (χ1n) is 11.1. The van der Waals surface area contributed by atoms with Crippen molar-refractivity contribution in [2.24, 2.45) is 0 Å². The number of rotatable bonds is 8. The summed E-state index contributed by atoms with van der Waals surface area (Å²) in [5.41, 5.74) is 6.83. The number of H-pyrrole nitrogens is 1. The van der Waals surface area contributed by atoms with Crippen LogP contribution in [0.2, 0.25) is 0 Å². The summed E-state index contributed by atoms with van der Waals surface area (Å²) in [4.78, 5) is 3.47. The molecule has 2 aromatic carbocycles. The van der Waals surface area contributed by atoms with Gasteiger partial charge in [-0.05, 0) is 68.7 Å². The minimum Gasteiger partial charge on any atom is -0.494 e. The Hall–Kier alpha value is -3.52. The number of unbranched alkanes of at least 4 members (excludes halogenated alkanes) is 2. The van der Waals surface area contributed by atoms with Crippen LogP contribution in [0.25, 0.3) is 16.7 Å². The first-order chi connectivity index (χ1) is 15.2. The molecule has 0 radical (unpaired) electrons. The Morgan fingerprint density at radius 3 is 2.55 bits per heavy atom. The lowest BCUT2D eigenvalue weighted by Gasteiger charge is -2.14. The largest absolute Gasteiger partial charge is 0.494 e. The fraction of sp³-hybridized carbons (Fsp3) is 0.308. The number of nitrogens with zero attached hydrogens (tertiary/aromatic N) is 2. The highest BCUT2D eigenvalue weighted by Crippen LogP contribution is 2.29. The third-order valence-corrected chi connectivity index (χ3v) is 5.77. The summed E-state index contributed by atoms with van der Waals surface area (Å²) in [6, 6.07) is 18.7. The van der Waals surface area contributed by atoms with Crippen LogP contribution >= 0.6 is 0 Å². The van der Waals surface area contributed by atoms with Crippen molar-refractivity contribution in [3.63, 3.8) is 0 Å². The van der Waals surface area contributed by atoms with Gasteiger partial charge >= 0.3 is 0 Å². The number of pyridine rings is 1. The smallest absolute Gasteiger partial charge is 0.250 e. The molecule has 2 heterocycles. The second kappa shape index (κ2) is 9.09. The van der Waals surface area contributed by atoms with Gasteiger partial charge in [0, 0.05) is 5.56 Å². The van der Waals surface area contributed by atoms with Gasteiger partial charge in [0.15, 0.2) is 0 Å². The second-order valence-corrected chi connectivity index (χ2v) is 7.80. The van der Waals surface area contributed by atoms with E-state index in [4.69, 9.17) is 4.74 Å². The van der Waals surface area contributed by atoms with Gasteiger partial charge in [-0.1, -0.05) is 31.9 Å². The molecule has 0 aliphatic rings. The highest BCUT2D eigenvalue weighted by Gasteiger charge is 2.25. The monoisotopic (exact) mass is 413 g/mol. The number of para-hydroxylation sites is 2. The second-order valence-electron chi connectivity index (χ2n) is 7.80. The van der Waals surface area contributed by atoms with E-state index in [0.717, 1.165) is 58.8 Å². The number of nitrogens with one attached hydrogen (secondary N) is 2. The number of hydrogen-bond donors (Lipinski definition) is 2. The Labute approximate surface area is 183 Å². The Balaban J connectivity index is 1.93. The molecule has 0 aliphatic heterocycles. The minimum absolute atomic E-state index is 0.648. The molecule has 0 aliphatic carbocycles. The van der Waals surface area contributed by atoms with Crippen LogP contribution in [0.5, 0.6) is 5.75 Å². The van der Waals surface area contributed by atoms with Crippen LogP contribution in [0.3, 0.4) is 0 Å². The summed E-state index contributed by atoms with van der Waals surface area (Å²) >= 11 is 0. The number of fused-ring (bicyclic) bond motifs is 3. The van der Waals surface area contributed by atoms with E-state index in [-0.39, 0.29) is 0 Å². The Kier molecular flexibility index (Phi) is 6.08. The van der Waals surface area contributed by atoms with Crippen molar-refractivity contribution in [2.75, 3.05) is 11.9 Å². The van der Waals surface area contributed by atoms with Crippen molar-refractivity contribution in [2.45, 2.75) is 46.5 Å². The summed E-state index contributed by atoms with van der Waals surface area (Å²) in [6.45, 7) is 6.91. The zero-order valence-electron chi connectivity index (χ0n) is 18.5. The Morgan fingerprint density at radius 2 is 1.84 bits per heavy atom. The first-order valence-corrected chi connectivity index (χ1v) is 11.1. The first kappa shape index (κ1) is 20.7. The van der Waals surface area contributed by atoms with Gasteiger partial charge in [-0.25, -0.2) is 0 Å². The van der Waals surface area contributed by atoms with Gasteiger partial charge in [-0.3, -0.25) is 10.3 Å². The molecule has 2 N–H and O–H groups in total. The standard InChI is InChI=1S/C26H28N4O/c1-4-6-7-10-21-18(3)22(17-27)26-29-23-11-8-9-12-24(23)30(26)25(21)28-19-13-15-20(16-14-19)31-5-2/h8-9,11-16H,4-7,10H2,1-3H3,(H,28,29)/p+1. The van der Waals surface area contributed by atoms with Crippen molar-refractivity contribution < 1.29 is 9.14 Å². The van der Waals surface area contributed by atoms with Crippen LogP contribution in [0.1, 0.15) is 49.8 Å². The average molecular weight is 414 g/mol. The lowest BCUT2D eigenvalue weighted by Crippen LogP contribution is -2.28. The third kappa shape index (κ3) is 3.94. The Morgan fingerprint density at radius 1 is 1.06 bits per heavy atom. The number of anilines is 2. The van der Waals surface area contributed by atoms with Gasteiger partial charge < -0.3 is 4.74 Å². The number of imidazole rings is 1. The lowest BCUT2D eigenvalue weighted by molar-refractivity contribution is -0.465. The van der Waals surface area contributed by atoms with Crippen molar-refractivity contribution in [1.29, 1.82) is 5.26 Å². The van der Waals surface area contributed by atoms with E-state index < -0.39 is 0 Å². The van der Waals surface area contributed by atoms with E-state index in [0.29, 0.717) is 12.2 Å². The number of benzene rings is 2. The number of ether oxygens (including phenoxy) is 1. The average Bonchev–Trinajstić information content (AvgIpc) is 3.16. The summed E-state index contributed by atoms with van der Waals surface area (Å²) < 4.78 is 7.76. The molecule has 0 amide bonds. The quantitative estimate of drug-likeness (QED) is 0.277. The number of nitriles is 1. The molecule has 0 saturated heterocycles. The van der Waals surface area contributed by atoms with Gasteiger partial charge in [0.1, 0.15) is 28.4 Å². The van der Waals surface area contributed by atoms with Crippen LogP contribution < -0.4 is 14.5 Å². The molecule has 158 valence electrons. The molecule has 0 saturated carbocycles. The molecule has 4 rings (SSSR count). The SMILES string of the molecule is CCCCCc1c(C)c(C#N)c2[nH]c3ccccc3[n+]2c1Nc1ccc(OCC)cc1. The summed E-state index contributed by atoms with van der Waals surface area (Å²) in [7, 11) is 0. The molecule has 0 unspecified atom stereocenters. The lowest BCUT2D eigenvalue weighted by atomic mass is 9.99. The molecule has 0 spiro atoms. The molecule has 0 bridgehead atoms. The van der Waals surface area contributed by atoms with Gasteiger partial charge in [-0.2, -0.15) is 9.66 Å². The normalized spacial score (nSPS) is 11.0. The zero-order chi connectivity index (χ0) is 21.8. The molecule has 0 fully saturated rings. The van der Waals surface area contributed by atoms with Crippen LogP contribution in [0, 0.1) is 18.3 Å². The van der Waals surface area contributed by atoms with Crippen LogP contribution in [-0.2, 0) is 6.42 Å². The summed E-state index contributed by atoms with van der Waals surface area (Å²) in [5.74, 6) is 1.88.